The zero-order valence-electron chi connectivity index (χ0n) is 8.15. The van der Waals surface area contributed by atoms with E-state index in [1.807, 2.05) is 37.3 Å². The predicted molar refractivity (Wildman–Crippen MR) is 53.2 cm³/mol. The van der Waals surface area contributed by atoms with Gasteiger partial charge in [0.25, 0.3) is 5.88 Å². The summed E-state index contributed by atoms with van der Waals surface area (Å²) in [5.74, 6) is 1.31. The van der Waals surface area contributed by atoms with Crippen molar-refractivity contribution in [2.24, 2.45) is 0 Å². The van der Waals surface area contributed by atoms with Crippen molar-refractivity contribution in [3.63, 3.8) is 0 Å². The monoisotopic (exact) mass is 189 g/mol. The number of nitrogens with zero attached hydrogens (tertiary/aromatic N) is 1. The Bertz CT molecular complexity index is 420. The molecule has 0 spiro atoms. The number of rotatable bonds is 2. The molecule has 72 valence electrons. The van der Waals surface area contributed by atoms with Gasteiger partial charge in [-0.05, 0) is 12.1 Å². The lowest BCUT2D eigenvalue weighted by Crippen LogP contribution is -1.84. The molecule has 0 unspecified atom stereocenters. The summed E-state index contributed by atoms with van der Waals surface area (Å²) in [4.78, 5) is 0. The van der Waals surface area contributed by atoms with Crippen LogP contribution in [0.3, 0.4) is 0 Å². The number of hydrogen-bond donors (Lipinski definition) is 0. The highest BCUT2D eigenvalue weighted by molar-refractivity contribution is 5.62. The van der Waals surface area contributed by atoms with Crippen LogP contribution in [0.15, 0.2) is 34.9 Å². The van der Waals surface area contributed by atoms with Gasteiger partial charge in [-0.2, -0.15) is 0 Å². The van der Waals surface area contributed by atoms with Crippen LogP contribution in [-0.2, 0) is 0 Å². The van der Waals surface area contributed by atoms with Crippen LogP contribution < -0.4 is 4.74 Å². The second-order valence-corrected chi connectivity index (χ2v) is 3.01. The van der Waals surface area contributed by atoms with Crippen LogP contribution in [0.5, 0.6) is 5.88 Å². The minimum Gasteiger partial charge on any atom is -0.479 e. The zero-order valence-corrected chi connectivity index (χ0v) is 8.15. The lowest BCUT2D eigenvalue weighted by atomic mass is 10.1. The average Bonchev–Trinajstić information content (AvgIpc) is 2.61. The number of benzene rings is 1. The van der Waals surface area contributed by atoms with E-state index in [4.69, 9.17) is 9.26 Å². The molecule has 3 nitrogen and oxygen atoms in total. The summed E-state index contributed by atoms with van der Waals surface area (Å²) in [6.07, 6.45) is 0. The van der Waals surface area contributed by atoms with Crippen molar-refractivity contribution in [3.05, 3.63) is 35.9 Å². The van der Waals surface area contributed by atoms with Gasteiger partial charge in [-0.15, -0.1) is 0 Å². The van der Waals surface area contributed by atoms with E-state index in [0.717, 1.165) is 16.9 Å². The topological polar surface area (TPSA) is 35.3 Å². The summed E-state index contributed by atoms with van der Waals surface area (Å²) in [7, 11) is 1.58. The molecule has 1 aromatic carbocycles. The summed E-state index contributed by atoms with van der Waals surface area (Å²) < 4.78 is 10.2. The third kappa shape index (κ3) is 1.37. The van der Waals surface area contributed by atoms with Crippen molar-refractivity contribution in [3.8, 4) is 17.2 Å². The molecular formula is C11H11NO2. The first-order valence-electron chi connectivity index (χ1n) is 4.38. The third-order valence-corrected chi connectivity index (χ3v) is 2.11. The maximum atomic E-state index is 5.20. The molecule has 0 amide bonds. The normalized spacial score (nSPS) is 10.1. The SMILES string of the molecule is COc1noc(-c2ccccc2)c1C. The molecule has 0 saturated carbocycles. The fourth-order valence-electron chi connectivity index (χ4n) is 1.37. The first kappa shape index (κ1) is 8.81. The van der Waals surface area contributed by atoms with Crippen molar-refractivity contribution in [2.75, 3.05) is 7.11 Å². The van der Waals surface area contributed by atoms with Crippen LogP contribution in [0.1, 0.15) is 5.56 Å². The maximum absolute atomic E-state index is 5.20. The maximum Gasteiger partial charge on any atom is 0.257 e. The van der Waals surface area contributed by atoms with Crippen molar-refractivity contribution in [2.45, 2.75) is 6.92 Å². The van der Waals surface area contributed by atoms with E-state index >= 15 is 0 Å². The summed E-state index contributed by atoms with van der Waals surface area (Å²) >= 11 is 0. The lowest BCUT2D eigenvalue weighted by molar-refractivity contribution is 0.342. The van der Waals surface area contributed by atoms with Crippen molar-refractivity contribution in [1.82, 2.24) is 5.16 Å². The second-order valence-electron chi connectivity index (χ2n) is 3.01. The van der Waals surface area contributed by atoms with E-state index in [-0.39, 0.29) is 0 Å². The fraction of sp³-hybridized carbons (Fsp3) is 0.182. The van der Waals surface area contributed by atoms with E-state index in [2.05, 4.69) is 5.16 Å². The minimum atomic E-state index is 0.545. The highest BCUT2D eigenvalue weighted by Crippen LogP contribution is 2.28. The molecule has 0 N–H and O–H groups in total. The van der Waals surface area contributed by atoms with Crippen LogP contribution in [0.4, 0.5) is 0 Å². The van der Waals surface area contributed by atoms with Gasteiger partial charge in [0.2, 0.25) is 0 Å². The number of hydrogen-bond acceptors (Lipinski definition) is 3. The zero-order chi connectivity index (χ0) is 9.97. The van der Waals surface area contributed by atoms with Crippen molar-refractivity contribution < 1.29 is 9.26 Å². The van der Waals surface area contributed by atoms with Gasteiger partial charge in [-0.25, -0.2) is 0 Å². The third-order valence-electron chi connectivity index (χ3n) is 2.11. The molecule has 0 aliphatic rings. The summed E-state index contributed by atoms with van der Waals surface area (Å²) in [5, 5.41) is 3.81. The fourth-order valence-corrected chi connectivity index (χ4v) is 1.37. The summed E-state index contributed by atoms with van der Waals surface area (Å²) in [6, 6.07) is 9.85. The van der Waals surface area contributed by atoms with E-state index in [1.54, 1.807) is 7.11 Å². The molecule has 14 heavy (non-hydrogen) atoms. The predicted octanol–water partition coefficient (Wildman–Crippen LogP) is 2.66. The summed E-state index contributed by atoms with van der Waals surface area (Å²) in [5.41, 5.74) is 1.94. The van der Waals surface area contributed by atoms with Crippen LogP contribution in [0.25, 0.3) is 11.3 Å². The molecule has 1 aromatic heterocycles. The van der Waals surface area contributed by atoms with Gasteiger partial charge >= 0.3 is 0 Å². The molecule has 1 heterocycles. The molecule has 0 saturated heterocycles. The molecule has 0 aliphatic heterocycles. The summed E-state index contributed by atoms with van der Waals surface area (Å²) in [6.45, 7) is 1.93. The van der Waals surface area contributed by atoms with Crippen LogP contribution in [-0.4, -0.2) is 12.3 Å². The quantitative estimate of drug-likeness (QED) is 0.728. The molecule has 2 rings (SSSR count). The van der Waals surface area contributed by atoms with Gasteiger partial charge in [-0.1, -0.05) is 30.3 Å². The molecule has 0 fully saturated rings. The molecule has 2 aromatic rings. The first-order valence-corrected chi connectivity index (χ1v) is 4.38. The highest BCUT2D eigenvalue weighted by Gasteiger charge is 2.12. The molecule has 0 aliphatic carbocycles. The van der Waals surface area contributed by atoms with Gasteiger partial charge in [0.1, 0.15) is 0 Å². The smallest absolute Gasteiger partial charge is 0.257 e. The molecule has 3 heteroatoms. The van der Waals surface area contributed by atoms with Crippen LogP contribution in [0.2, 0.25) is 0 Å². The first-order chi connectivity index (χ1) is 6.83. The van der Waals surface area contributed by atoms with Crippen LogP contribution >= 0.6 is 0 Å². The van der Waals surface area contributed by atoms with Crippen molar-refractivity contribution in [1.29, 1.82) is 0 Å². The Morgan fingerprint density at radius 1 is 1.21 bits per heavy atom. The Kier molecular flexibility index (Phi) is 2.23. The minimum absolute atomic E-state index is 0.545. The average molecular weight is 189 g/mol. The van der Waals surface area contributed by atoms with Gasteiger partial charge in [0, 0.05) is 5.56 Å². The largest absolute Gasteiger partial charge is 0.479 e. The number of aromatic nitrogens is 1. The Morgan fingerprint density at radius 2 is 1.93 bits per heavy atom. The Labute approximate surface area is 82.3 Å². The Hall–Kier alpha value is -1.77. The number of methoxy groups -OCH3 is 1. The molecular weight excluding hydrogens is 178 g/mol. The standard InChI is InChI=1S/C11H11NO2/c1-8-10(14-12-11(8)13-2)9-6-4-3-5-7-9/h3-7H,1-2H3. The molecule has 0 atom stereocenters. The Balaban J connectivity index is 2.48. The molecule has 0 radical (unpaired) electrons. The van der Waals surface area contributed by atoms with E-state index < -0.39 is 0 Å². The lowest BCUT2D eigenvalue weighted by Gasteiger charge is -1.96. The van der Waals surface area contributed by atoms with E-state index in [9.17, 15) is 0 Å². The van der Waals surface area contributed by atoms with E-state index in [0.29, 0.717) is 5.88 Å². The highest BCUT2D eigenvalue weighted by atomic mass is 16.5. The van der Waals surface area contributed by atoms with Gasteiger partial charge in [-0.3, -0.25) is 0 Å². The Morgan fingerprint density at radius 3 is 2.50 bits per heavy atom. The second kappa shape index (κ2) is 3.54. The number of ether oxygens (including phenoxy) is 1. The van der Waals surface area contributed by atoms with Gasteiger partial charge in [0.15, 0.2) is 5.76 Å². The van der Waals surface area contributed by atoms with Crippen LogP contribution in [0, 0.1) is 6.92 Å². The van der Waals surface area contributed by atoms with Crippen molar-refractivity contribution >= 4 is 0 Å². The van der Waals surface area contributed by atoms with Gasteiger partial charge in [0.05, 0.1) is 12.7 Å². The molecule has 0 bridgehead atoms. The van der Waals surface area contributed by atoms with Gasteiger partial charge < -0.3 is 9.26 Å². The van der Waals surface area contributed by atoms with E-state index in [1.165, 1.54) is 0 Å².